The van der Waals surface area contributed by atoms with Crippen molar-refractivity contribution in [3.8, 4) is 5.75 Å². The number of carbonyl (C=O) groups is 3. The maximum absolute atomic E-state index is 13.1. The molecule has 0 spiro atoms. The van der Waals surface area contributed by atoms with E-state index in [0.29, 0.717) is 11.4 Å². The van der Waals surface area contributed by atoms with Gasteiger partial charge in [0.05, 0.1) is 18.8 Å². The van der Waals surface area contributed by atoms with E-state index >= 15 is 0 Å². The lowest BCUT2D eigenvalue weighted by Gasteiger charge is -2.27. The Balaban J connectivity index is 2.19. The number of nitrogens with two attached hydrogens (primary N) is 1. The Morgan fingerprint density at radius 1 is 1.06 bits per heavy atom. The van der Waals surface area contributed by atoms with Crippen molar-refractivity contribution in [2.75, 3.05) is 7.11 Å². The Labute approximate surface area is 202 Å². The number of guanidine groups is 1. The lowest BCUT2D eigenvalue weighted by atomic mass is 10.0. The van der Waals surface area contributed by atoms with Gasteiger partial charge in [-0.1, -0.05) is 42.4 Å². The maximum atomic E-state index is 13.1. The van der Waals surface area contributed by atoms with E-state index in [2.05, 4.69) is 26.2 Å². The van der Waals surface area contributed by atoms with E-state index in [4.69, 9.17) is 15.9 Å². The molecule has 0 aliphatic rings. The molecule has 0 aliphatic carbocycles. The number of nitrogens with one attached hydrogen (secondary N) is 4. The van der Waals surface area contributed by atoms with Gasteiger partial charge < -0.3 is 31.5 Å². The Bertz CT molecular complexity index is 1040. The topological polar surface area (TPSA) is 191 Å². The van der Waals surface area contributed by atoms with Crippen molar-refractivity contribution in [1.29, 1.82) is 5.41 Å². The Morgan fingerprint density at radius 2 is 1.71 bits per heavy atom. The van der Waals surface area contributed by atoms with E-state index in [-0.39, 0.29) is 12.8 Å². The van der Waals surface area contributed by atoms with Gasteiger partial charge in [0.15, 0.2) is 5.96 Å². The number of urea groups is 1. The first-order valence-corrected chi connectivity index (χ1v) is 10.8. The van der Waals surface area contributed by atoms with Crippen LogP contribution in [0.3, 0.4) is 0 Å². The first-order valence-electron chi connectivity index (χ1n) is 10.8. The normalized spacial score (nSPS) is 13.3. The molecule has 2 aromatic rings. The monoisotopic (exact) mass is 483 g/mol. The minimum Gasteiger partial charge on any atom is -0.497 e. The second kappa shape index (κ2) is 13.3. The number of carboxylic acids is 1. The average Bonchev–Trinajstić information content (AvgIpc) is 2.84. The van der Waals surface area contributed by atoms with Gasteiger partial charge in [-0.05, 0) is 36.2 Å². The standard InChI is InChI=1S/C23H29N7O5/c1-3-17(26-22(24)25)19(21(32)33)28-20(31)18(13-14-7-5-4-6-8-14)27-23(34)30-29-15-9-11-16(35-2)12-10-15/h4-12,17-19H,3,13H2,1-2H3,(H,27,34)(H,28,31)(H,32,33)(H4,24,25,26)/b30-29+. The summed E-state index contributed by atoms with van der Waals surface area (Å²) in [5.41, 5.74) is 6.48. The van der Waals surface area contributed by atoms with Crippen molar-refractivity contribution >= 4 is 29.6 Å². The maximum Gasteiger partial charge on any atom is 0.360 e. The molecule has 0 saturated heterocycles. The number of benzene rings is 2. The summed E-state index contributed by atoms with van der Waals surface area (Å²) in [6.07, 6.45) is 0.350. The second-order valence-corrected chi connectivity index (χ2v) is 7.49. The van der Waals surface area contributed by atoms with Crippen molar-refractivity contribution < 1.29 is 24.2 Å². The van der Waals surface area contributed by atoms with Gasteiger partial charge in [-0.2, -0.15) is 0 Å². The minimum absolute atomic E-state index is 0.0831. The molecule has 0 saturated carbocycles. The highest BCUT2D eigenvalue weighted by molar-refractivity contribution is 5.91. The SMILES string of the molecule is CCC(NC(=N)N)C(NC(=O)C(Cc1ccccc1)NC(=O)/N=N/c1ccc(OC)cc1)C(=O)O. The van der Waals surface area contributed by atoms with Crippen LogP contribution in [-0.4, -0.2) is 54.2 Å². The smallest absolute Gasteiger partial charge is 0.360 e. The number of azo groups is 1. The lowest BCUT2D eigenvalue weighted by molar-refractivity contribution is -0.142. The van der Waals surface area contributed by atoms with E-state index in [0.717, 1.165) is 5.56 Å². The largest absolute Gasteiger partial charge is 0.497 e. The van der Waals surface area contributed by atoms with E-state index in [1.165, 1.54) is 7.11 Å². The molecule has 12 nitrogen and oxygen atoms in total. The Kier molecular flexibility index (Phi) is 10.2. The number of hydrogen-bond acceptors (Lipinski definition) is 6. The molecule has 35 heavy (non-hydrogen) atoms. The van der Waals surface area contributed by atoms with Crippen LogP contribution in [-0.2, 0) is 16.0 Å². The van der Waals surface area contributed by atoms with Gasteiger partial charge in [0.1, 0.15) is 17.8 Å². The molecule has 0 aromatic heterocycles. The van der Waals surface area contributed by atoms with Crippen LogP contribution >= 0.6 is 0 Å². The second-order valence-electron chi connectivity index (χ2n) is 7.49. The quantitative estimate of drug-likeness (QED) is 0.160. The van der Waals surface area contributed by atoms with Crippen LogP contribution in [0.2, 0.25) is 0 Å². The van der Waals surface area contributed by atoms with Crippen molar-refractivity contribution in [2.45, 2.75) is 37.9 Å². The van der Waals surface area contributed by atoms with E-state index in [1.54, 1.807) is 61.5 Å². The van der Waals surface area contributed by atoms with Gasteiger partial charge >= 0.3 is 12.0 Å². The van der Waals surface area contributed by atoms with Crippen molar-refractivity contribution in [3.63, 3.8) is 0 Å². The van der Waals surface area contributed by atoms with Crippen LogP contribution < -0.4 is 26.4 Å². The van der Waals surface area contributed by atoms with Gasteiger partial charge in [0.25, 0.3) is 0 Å². The average molecular weight is 484 g/mol. The van der Waals surface area contributed by atoms with E-state index in [1.807, 2.05) is 0 Å². The lowest BCUT2D eigenvalue weighted by Crippen LogP contribution is -2.59. The summed E-state index contributed by atoms with van der Waals surface area (Å²) < 4.78 is 5.06. The molecule has 12 heteroatoms. The van der Waals surface area contributed by atoms with Crippen LogP contribution in [0.4, 0.5) is 10.5 Å². The molecule has 0 radical (unpaired) electrons. The molecule has 0 fully saturated rings. The number of nitrogens with zero attached hydrogens (tertiary/aromatic N) is 2. The van der Waals surface area contributed by atoms with Gasteiger partial charge in [0.2, 0.25) is 5.91 Å². The summed E-state index contributed by atoms with van der Waals surface area (Å²) in [5, 5.41) is 31.9. The molecule has 3 amide bonds. The van der Waals surface area contributed by atoms with Crippen LogP contribution in [0.25, 0.3) is 0 Å². The summed E-state index contributed by atoms with van der Waals surface area (Å²) in [7, 11) is 1.52. The molecular formula is C23H29N7O5. The molecule has 3 unspecified atom stereocenters. The first kappa shape index (κ1) is 26.8. The van der Waals surface area contributed by atoms with Crippen LogP contribution in [0.5, 0.6) is 5.75 Å². The van der Waals surface area contributed by atoms with Crippen LogP contribution in [0.15, 0.2) is 64.8 Å². The summed E-state index contributed by atoms with van der Waals surface area (Å²) in [4.78, 5) is 37.3. The number of ether oxygens (including phenoxy) is 1. The third-order valence-electron chi connectivity index (χ3n) is 4.97. The van der Waals surface area contributed by atoms with Crippen molar-refractivity contribution in [2.24, 2.45) is 16.0 Å². The number of rotatable bonds is 11. The van der Waals surface area contributed by atoms with Gasteiger partial charge in [-0.25, -0.2) is 9.59 Å². The molecule has 186 valence electrons. The van der Waals surface area contributed by atoms with Gasteiger partial charge in [-0.3, -0.25) is 10.2 Å². The van der Waals surface area contributed by atoms with Gasteiger partial charge in [-0.15, -0.1) is 5.11 Å². The zero-order valence-corrected chi connectivity index (χ0v) is 19.4. The molecular weight excluding hydrogens is 454 g/mol. The molecule has 2 rings (SSSR count). The summed E-state index contributed by atoms with van der Waals surface area (Å²) in [6, 6.07) is 11.2. The molecule has 0 heterocycles. The number of aliphatic carboxylic acids is 1. The fourth-order valence-electron chi connectivity index (χ4n) is 3.20. The third kappa shape index (κ3) is 8.76. The number of carboxylic acid groups (broad SMARTS) is 1. The Morgan fingerprint density at radius 3 is 2.26 bits per heavy atom. The first-order chi connectivity index (χ1) is 16.7. The van der Waals surface area contributed by atoms with Crippen molar-refractivity contribution in [3.05, 3.63) is 60.2 Å². The fraction of sp³-hybridized carbons (Fsp3) is 0.304. The van der Waals surface area contributed by atoms with Gasteiger partial charge in [0, 0.05) is 6.42 Å². The summed E-state index contributed by atoms with van der Waals surface area (Å²) >= 11 is 0. The van der Waals surface area contributed by atoms with Crippen LogP contribution in [0, 0.1) is 5.41 Å². The zero-order chi connectivity index (χ0) is 25.8. The third-order valence-corrected chi connectivity index (χ3v) is 4.97. The highest BCUT2D eigenvalue weighted by Gasteiger charge is 2.32. The number of methoxy groups -OCH3 is 1. The molecule has 0 aliphatic heterocycles. The highest BCUT2D eigenvalue weighted by atomic mass is 16.5. The molecule has 2 aromatic carbocycles. The van der Waals surface area contributed by atoms with Crippen molar-refractivity contribution in [1.82, 2.24) is 16.0 Å². The Hall–Kier alpha value is -4.48. The van der Waals surface area contributed by atoms with Crippen LogP contribution in [0.1, 0.15) is 18.9 Å². The minimum atomic E-state index is -1.40. The summed E-state index contributed by atoms with van der Waals surface area (Å²) in [5.74, 6) is -1.86. The predicted molar refractivity (Wildman–Crippen MR) is 129 cm³/mol. The number of hydrogen-bond donors (Lipinski definition) is 6. The summed E-state index contributed by atoms with van der Waals surface area (Å²) in [6.45, 7) is 1.69. The van der Waals surface area contributed by atoms with E-state index in [9.17, 15) is 19.5 Å². The zero-order valence-electron chi connectivity index (χ0n) is 19.4. The molecule has 3 atom stereocenters. The number of amides is 3. The predicted octanol–water partition coefficient (Wildman–Crippen LogP) is 1.93. The fourth-order valence-corrected chi connectivity index (χ4v) is 3.20. The highest BCUT2D eigenvalue weighted by Crippen LogP contribution is 2.18. The van der Waals surface area contributed by atoms with E-state index < -0.39 is 42.0 Å². The molecule has 0 bridgehead atoms. The number of carbonyl (C=O) groups excluding carboxylic acids is 2. The molecule has 7 N–H and O–H groups in total.